The summed E-state index contributed by atoms with van der Waals surface area (Å²) in [6.45, 7) is 0.116. The molecule has 1 aromatic carbocycles. The van der Waals surface area contributed by atoms with Crippen LogP contribution in [0.25, 0.3) is 0 Å². The minimum absolute atomic E-state index is 0.0275. The zero-order valence-corrected chi connectivity index (χ0v) is 9.70. The third-order valence-corrected chi connectivity index (χ3v) is 3.37. The van der Waals surface area contributed by atoms with Crippen LogP contribution < -0.4 is 5.73 Å². The summed E-state index contributed by atoms with van der Waals surface area (Å²) in [6.07, 6.45) is 0. The summed E-state index contributed by atoms with van der Waals surface area (Å²) in [7, 11) is 1.17. The average Bonchev–Trinajstić information content (AvgIpc) is 2.15. The van der Waals surface area contributed by atoms with Crippen LogP contribution in [0.4, 0.5) is 0 Å². The number of halogens is 2. The molecule has 0 aliphatic rings. The largest absolute Gasteiger partial charge is 0.326 e. The zero-order valence-electron chi connectivity index (χ0n) is 7.37. The molecule has 1 rings (SSSR count). The van der Waals surface area contributed by atoms with Gasteiger partial charge in [-0.15, -0.1) is 0 Å². The Hall–Kier alpha value is -0.800. The van der Waals surface area contributed by atoms with E-state index in [0.717, 1.165) is 0 Å². The van der Waals surface area contributed by atoms with E-state index < -0.39 is 9.05 Å². The molecule has 7 heteroatoms. The molecule has 0 saturated carbocycles. The Balaban J connectivity index is 3.63. The van der Waals surface area contributed by atoms with Gasteiger partial charge in [0.05, 0.1) is 10.6 Å². The molecular weight excluding hydrogens is 259 g/mol. The van der Waals surface area contributed by atoms with E-state index in [9.17, 15) is 8.42 Å². The van der Waals surface area contributed by atoms with Crippen LogP contribution in [0.5, 0.6) is 0 Å². The van der Waals surface area contributed by atoms with Crippen molar-refractivity contribution in [1.82, 2.24) is 0 Å². The molecule has 0 amide bonds. The predicted molar refractivity (Wildman–Crippen MR) is 57.1 cm³/mol. The number of rotatable bonds is 2. The van der Waals surface area contributed by atoms with Gasteiger partial charge in [-0.1, -0.05) is 11.6 Å². The Morgan fingerprint density at radius 3 is 2.47 bits per heavy atom. The maximum atomic E-state index is 11.1. The number of nitrogens with zero attached hydrogens (tertiary/aromatic N) is 1. The van der Waals surface area contributed by atoms with Gasteiger partial charge in [-0.2, -0.15) is 5.26 Å². The van der Waals surface area contributed by atoms with E-state index in [1.165, 1.54) is 12.1 Å². The number of benzene rings is 1. The highest BCUT2D eigenvalue weighted by molar-refractivity contribution is 8.13. The van der Waals surface area contributed by atoms with Gasteiger partial charge < -0.3 is 5.73 Å². The Kier molecular flexibility index (Phi) is 3.58. The lowest BCUT2D eigenvalue weighted by Gasteiger charge is -2.05. The molecule has 2 N–H and O–H groups in total. The van der Waals surface area contributed by atoms with Crippen molar-refractivity contribution >= 4 is 31.3 Å². The highest BCUT2D eigenvalue weighted by atomic mass is 35.7. The molecule has 0 saturated heterocycles. The fraction of sp³-hybridized carbons (Fsp3) is 0.125. The summed E-state index contributed by atoms with van der Waals surface area (Å²) in [6, 6.07) is 4.36. The molecule has 4 nitrogen and oxygen atoms in total. The first-order valence-electron chi connectivity index (χ1n) is 3.77. The monoisotopic (exact) mass is 264 g/mol. The Labute approximate surface area is 96.6 Å². The van der Waals surface area contributed by atoms with Crippen LogP contribution in [0.15, 0.2) is 17.0 Å². The minimum atomic E-state index is -3.99. The molecule has 0 atom stereocenters. The number of hydrogen-bond acceptors (Lipinski definition) is 4. The molecule has 0 heterocycles. The van der Waals surface area contributed by atoms with Gasteiger partial charge >= 0.3 is 0 Å². The maximum Gasteiger partial charge on any atom is 0.262 e. The molecule has 0 aliphatic heterocycles. The quantitative estimate of drug-likeness (QED) is 0.823. The summed E-state index contributed by atoms with van der Waals surface area (Å²) >= 11 is 5.72. The van der Waals surface area contributed by atoms with Crippen LogP contribution in [0.2, 0.25) is 5.02 Å². The molecule has 0 aromatic heterocycles. The second-order valence-corrected chi connectivity index (χ2v) is 5.65. The van der Waals surface area contributed by atoms with E-state index in [4.69, 9.17) is 33.3 Å². The van der Waals surface area contributed by atoms with E-state index >= 15 is 0 Å². The van der Waals surface area contributed by atoms with Gasteiger partial charge in [-0.05, 0) is 17.7 Å². The Morgan fingerprint density at radius 2 is 2.07 bits per heavy atom. The minimum Gasteiger partial charge on any atom is -0.326 e. The molecule has 15 heavy (non-hydrogen) atoms. The highest BCUT2D eigenvalue weighted by Gasteiger charge is 2.19. The van der Waals surface area contributed by atoms with Crippen LogP contribution >= 0.6 is 22.3 Å². The van der Waals surface area contributed by atoms with Crippen molar-refractivity contribution in [2.75, 3.05) is 0 Å². The lowest BCUT2D eigenvalue weighted by Crippen LogP contribution is -2.02. The Morgan fingerprint density at radius 1 is 1.47 bits per heavy atom. The summed E-state index contributed by atoms with van der Waals surface area (Å²) < 4.78 is 22.3. The third kappa shape index (κ3) is 2.61. The fourth-order valence-electron chi connectivity index (χ4n) is 1.05. The number of hydrogen-bond donors (Lipinski definition) is 1. The van der Waals surface area contributed by atoms with Crippen molar-refractivity contribution in [2.45, 2.75) is 11.4 Å². The van der Waals surface area contributed by atoms with Crippen molar-refractivity contribution < 1.29 is 8.42 Å². The fourth-order valence-corrected chi connectivity index (χ4v) is 2.45. The van der Waals surface area contributed by atoms with Crippen molar-refractivity contribution in [3.8, 4) is 6.07 Å². The molecule has 0 fully saturated rings. The van der Waals surface area contributed by atoms with Crippen molar-refractivity contribution in [2.24, 2.45) is 5.73 Å². The first-order valence-corrected chi connectivity index (χ1v) is 6.46. The zero-order chi connectivity index (χ0) is 11.6. The number of nitrogens with two attached hydrogens (primary N) is 1. The summed E-state index contributed by atoms with van der Waals surface area (Å²) in [5.41, 5.74) is 5.68. The predicted octanol–water partition coefficient (Wildman–Crippen LogP) is 1.60. The normalized spacial score (nSPS) is 11.1. The van der Waals surface area contributed by atoms with Crippen LogP contribution in [-0.2, 0) is 15.6 Å². The van der Waals surface area contributed by atoms with Gasteiger partial charge in [0, 0.05) is 17.2 Å². The molecule has 1 aromatic rings. The molecule has 80 valence electrons. The standard InChI is InChI=1S/C8H6Cl2N2O2S/c9-7-1-5(3-11)2-8(6(7)4-12)15(10,13)14/h1-2H,3,11H2. The van der Waals surface area contributed by atoms with Crippen LogP contribution in [-0.4, -0.2) is 8.42 Å². The second kappa shape index (κ2) is 4.37. The van der Waals surface area contributed by atoms with Crippen molar-refractivity contribution in [1.29, 1.82) is 5.26 Å². The van der Waals surface area contributed by atoms with Gasteiger partial charge in [-0.25, -0.2) is 8.42 Å². The van der Waals surface area contributed by atoms with E-state index in [0.29, 0.717) is 5.56 Å². The van der Waals surface area contributed by atoms with E-state index in [-0.39, 0.29) is 22.0 Å². The van der Waals surface area contributed by atoms with Gasteiger partial charge in [0.1, 0.15) is 11.0 Å². The third-order valence-electron chi connectivity index (χ3n) is 1.72. The summed E-state index contributed by atoms with van der Waals surface area (Å²) in [5.74, 6) is 0. The lowest BCUT2D eigenvalue weighted by molar-refractivity contribution is 0.609. The SMILES string of the molecule is N#Cc1c(Cl)cc(CN)cc1S(=O)(=O)Cl. The van der Waals surface area contributed by atoms with Crippen molar-refractivity contribution in [3.05, 3.63) is 28.3 Å². The maximum absolute atomic E-state index is 11.1. The average molecular weight is 265 g/mol. The van der Waals surface area contributed by atoms with Crippen LogP contribution in [0.1, 0.15) is 11.1 Å². The molecule has 0 bridgehead atoms. The summed E-state index contributed by atoms with van der Waals surface area (Å²) in [5, 5.41) is 8.76. The molecule has 0 spiro atoms. The second-order valence-electron chi connectivity index (χ2n) is 2.70. The number of nitriles is 1. The smallest absolute Gasteiger partial charge is 0.262 e. The van der Waals surface area contributed by atoms with Crippen LogP contribution in [0, 0.1) is 11.3 Å². The Bertz CT molecular complexity index is 534. The van der Waals surface area contributed by atoms with Gasteiger partial charge in [0.15, 0.2) is 0 Å². The van der Waals surface area contributed by atoms with E-state index in [1.807, 2.05) is 0 Å². The highest BCUT2D eigenvalue weighted by Crippen LogP contribution is 2.27. The summed E-state index contributed by atoms with van der Waals surface area (Å²) in [4.78, 5) is -0.306. The molecular formula is C8H6Cl2N2O2S. The van der Waals surface area contributed by atoms with Gasteiger partial charge in [0.25, 0.3) is 9.05 Å². The first kappa shape index (κ1) is 12.3. The van der Waals surface area contributed by atoms with Gasteiger partial charge in [-0.3, -0.25) is 0 Å². The van der Waals surface area contributed by atoms with Crippen LogP contribution in [0.3, 0.4) is 0 Å². The van der Waals surface area contributed by atoms with E-state index in [2.05, 4.69) is 0 Å². The molecule has 0 aliphatic carbocycles. The lowest BCUT2D eigenvalue weighted by atomic mass is 10.1. The first-order chi connectivity index (χ1) is 6.90. The van der Waals surface area contributed by atoms with Gasteiger partial charge in [0.2, 0.25) is 0 Å². The molecule has 0 unspecified atom stereocenters. The topological polar surface area (TPSA) is 83.9 Å². The van der Waals surface area contributed by atoms with E-state index in [1.54, 1.807) is 6.07 Å². The van der Waals surface area contributed by atoms with Crippen molar-refractivity contribution in [3.63, 3.8) is 0 Å². The molecule has 0 radical (unpaired) electrons.